The highest BCUT2D eigenvalue weighted by molar-refractivity contribution is 6.35. The van der Waals surface area contributed by atoms with Gasteiger partial charge in [0.15, 0.2) is 0 Å². The summed E-state index contributed by atoms with van der Waals surface area (Å²) in [6.07, 6.45) is 3.98. The van der Waals surface area contributed by atoms with Gasteiger partial charge in [-0.05, 0) is 43.7 Å². The van der Waals surface area contributed by atoms with Crippen molar-refractivity contribution >= 4 is 34.9 Å². The maximum Gasteiger partial charge on any atom is 0.335 e. The Bertz CT molecular complexity index is 721. The van der Waals surface area contributed by atoms with Gasteiger partial charge in [-0.1, -0.05) is 28.4 Å². The third-order valence-electron chi connectivity index (χ3n) is 3.06. The van der Waals surface area contributed by atoms with Crippen LogP contribution in [0, 0.1) is 0 Å². The van der Waals surface area contributed by atoms with Gasteiger partial charge in [-0.3, -0.25) is 4.98 Å². The molecule has 0 atom stereocenters. The van der Waals surface area contributed by atoms with E-state index in [0.29, 0.717) is 34.5 Å². The summed E-state index contributed by atoms with van der Waals surface area (Å²) >= 11 is 11.8. The largest absolute Gasteiger partial charge is 0.492 e. The summed E-state index contributed by atoms with van der Waals surface area (Å²) in [4.78, 5) is 20.5. The lowest BCUT2D eigenvalue weighted by Gasteiger charge is -2.07. The van der Waals surface area contributed by atoms with Crippen molar-refractivity contribution in [2.45, 2.75) is 19.8 Å². The lowest BCUT2D eigenvalue weighted by molar-refractivity contribution is -0.143. The van der Waals surface area contributed by atoms with Gasteiger partial charge in [0.25, 0.3) is 0 Å². The van der Waals surface area contributed by atoms with E-state index in [0.717, 1.165) is 5.56 Å². The molecule has 1 heterocycles. The van der Waals surface area contributed by atoms with Crippen LogP contribution in [0.5, 0.6) is 5.75 Å². The molecule has 24 heavy (non-hydrogen) atoms. The minimum atomic E-state index is -0.422. The van der Waals surface area contributed by atoms with Crippen molar-refractivity contribution in [1.82, 2.24) is 4.98 Å². The molecule has 0 radical (unpaired) electrons. The number of carbonyl (C=O) groups is 1. The first-order valence-corrected chi connectivity index (χ1v) is 8.04. The predicted molar refractivity (Wildman–Crippen MR) is 93.7 cm³/mol. The second-order valence-electron chi connectivity index (χ2n) is 4.90. The van der Waals surface area contributed by atoms with Crippen LogP contribution in [-0.4, -0.2) is 23.3 Å². The summed E-state index contributed by atoms with van der Waals surface area (Å²) in [6, 6.07) is 8.55. The van der Waals surface area contributed by atoms with E-state index in [1.54, 1.807) is 49.6 Å². The minimum Gasteiger partial charge on any atom is -0.492 e. The van der Waals surface area contributed by atoms with Crippen LogP contribution in [0.25, 0.3) is 0 Å². The molecule has 5 nitrogen and oxygen atoms in total. The van der Waals surface area contributed by atoms with E-state index in [9.17, 15) is 4.79 Å². The number of nitrogens with zero attached hydrogens (tertiary/aromatic N) is 2. The highest BCUT2D eigenvalue weighted by Gasteiger charge is 2.06. The SMILES string of the molecule is CC(=NOC(=O)CCCOc1ccc(Cl)cc1Cl)c1ccncc1. The second-order valence-corrected chi connectivity index (χ2v) is 5.75. The van der Waals surface area contributed by atoms with Gasteiger partial charge in [-0.2, -0.15) is 0 Å². The second kappa shape index (κ2) is 9.25. The van der Waals surface area contributed by atoms with Gasteiger partial charge in [0.2, 0.25) is 0 Å². The Morgan fingerprint density at radius 1 is 1.21 bits per heavy atom. The molecule has 2 rings (SSSR count). The van der Waals surface area contributed by atoms with E-state index in [1.807, 2.05) is 0 Å². The summed E-state index contributed by atoms with van der Waals surface area (Å²) in [7, 11) is 0. The Morgan fingerprint density at radius 3 is 2.67 bits per heavy atom. The predicted octanol–water partition coefficient (Wildman–Crippen LogP) is 4.51. The molecule has 0 spiro atoms. The van der Waals surface area contributed by atoms with Gasteiger partial charge in [0, 0.05) is 23.0 Å². The fraction of sp³-hybridized carbons (Fsp3) is 0.235. The summed E-state index contributed by atoms with van der Waals surface area (Å²) in [5.74, 6) is 0.107. The van der Waals surface area contributed by atoms with Crippen molar-refractivity contribution in [1.29, 1.82) is 0 Å². The number of carbonyl (C=O) groups excluding carboxylic acids is 1. The number of ether oxygens (including phenoxy) is 1. The van der Waals surface area contributed by atoms with Crippen LogP contribution in [0.1, 0.15) is 25.3 Å². The van der Waals surface area contributed by atoms with E-state index >= 15 is 0 Å². The molecule has 0 bridgehead atoms. The number of hydrogen-bond acceptors (Lipinski definition) is 5. The topological polar surface area (TPSA) is 60.8 Å². The normalized spacial score (nSPS) is 11.2. The van der Waals surface area contributed by atoms with Gasteiger partial charge < -0.3 is 9.57 Å². The van der Waals surface area contributed by atoms with E-state index in [1.165, 1.54) is 0 Å². The molecule has 0 aliphatic rings. The summed E-state index contributed by atoms with van der Waals surface area (Å²) in [5, 5.41) is 4.79. The number of benzene rings is 1. The number of oxime groups is 1. The molecule has 0 N–H and O–H groups in total. The number of aromatic nitrogens is 1. The summed E-state index contributed by atoms with van der Waals surface area (Å²) in [6.45, 7) is 2.10. The van der Waals surface area contributed by atoms with Gasteiger partial charge in [-0.15, -0.1) is 0 Å². The molecule has 0 aliphatic carbocycles. The Labute approximate surface area is 150 Å². The maximum atomic E-state index is 11.7. The van der Waals surface area contributed by atoms with Crippen molar-refractivity contribution < 1.29 is 14.4 Å². The average Bonchev–Trinajstić information content (AvgIpc) is 2.59. The molecule has 0 saturated heterocycles. The Morgan fingerprint density at radius 2 is 1.96 bits per heavy atom. The first-order chi connectivity index (χ1) is 11.6. The molecular formula is C17H16Cl2N2O3. The lowest BCUT2D eigenvalue weighted by Crippen LogP contribution is -2.06. The van der Waals surface area contributed by atoms with Crippen LogP contribution in [-0.2, 0) is 9.63 Å². The number of halogens is 2. The van der Waals surface area contributed by atoms with Crippen LogP contribution in [0.3, 0.4) is 0 Å². The smallest absolute Gasteiger partial charge is 0.335 e. The quantitative estimate of drug-likeness (QED) is 0.313. The monoisotopic (exact) mass is 366 g/mol. The van der Waals surface area contributed by atoms with E-state index in [-0.39, 0.29) is 6.42 Å². The molecule has 0 aliphatic heterocycles. The Balaban J connectivity index is 1.72. The molecule has 1 aromatic carbocycles. The summed E-state index contributed by atoms with van der Waals surface area (Å²) < 4.78 is 5.50. The van der Waals surface area contributed by atoms with Gasteiger partial charge in [0.05, 0.1) is 23.8 Å². The standard InChI is InChI=1S/C17H16Cl2N2O3/c1-12(13-6-8-20-9-7-13)21-24-17(22)3-2-10-23-16-5-4-14(18)11-15(16)19/h4-9,11H,2-3,10H2,1H3. The van der Waals surface area contributed by atoms with Crippen molar-refractivity contribution in [3.05, 3.63) is 58.3 Å². The highest BCUT2D eigenvalue weighted by atomic mass is 35.5. The van der Waals surface area contributed by atoms with Gasteiger partial charge >= 0.3 is 5.97 Å². The number of hydrogen-bond donors (Lipinski definition) is 0. The molecule has 0 unspecified atom stereocenters. The molecular weight excluding hydrogens is 351 g/mol. The summed E-state index contributed by atoms with van der Waals surface area (Å²) in [5.41, 5.74) is 1.45. The first kappa shape index (κ1) is 18.2. The van der Waals surface area contributed by atoms with Crippen molar-refractivity contribution in [3.63, 3.8) is 0 Å². The molecule has 0 amide bonds. The molecule has 0 saturated carbocycles. The van der Waals surface area contributed by atoms with Crippen molar-refractivity contribution in [3.8, 4) is 5.75 Å². The lowest BCUT2D eigenvalue weighted by atomic mass is 10.2. The fourth-order valence-electron chi connectivity index (χ4n) is 1.80. The van der Waals surface area contributed by atoms with Crippen LogP contribution < -0.4 is 4.74 Å². The Kier molecular flexibility index (Phi) is 7.03. The number of rotatable bonds is 7. The van der Waals surface area contributed by atoms with E-state index in [2.05, 4.69) is 10.1 Å². The molecule has 2 aromatic rings. The molecule has 7 heteroatoms. The highest BCUT2D eigenvalue weighted by Crippen LogP contribution is 2.27. The molecule has 126 valence electrons. The van der Waals surface area contributed by atoms with Crippen molar-refractivity contribution in [2.75, 3.05) is 6.61 Å². The maximum absolute atomic E-state index is 11.7. The average molecular weight is 367 g/mol. The van der Waals surface area contributed by atoms with Gasteiger partial charge in [0.1, 0.15) is 5.75 Å². The fourth-order valence-corrected chi connectivity index (χ4v) is 2.26. The van der Waals surface area contributed by atoms with Gasteiger partial charge in [-0.25, -0.2) is 4.79 Å². The third-order valence-corrected chi connectivity index (χ3v) is 3.59. The van der Waals surface area contributed by atoms with E-state index < -0.39 is 5.97 Å². The molecule has 1 aromatic heterocycles. The zero-order chi connectivity index (χ0) is 17.4. The molecule has 0 fully saturated rings. The first-order valence-electron chi connectivity index (χ1n) is 7.29. The van der Waals surface area contributed by atoms with Crippen LogP contribution in [0.4, 0.5) is 0 Å². The zero-order valence-corrected chi connectivity index (χ0v) is 14.5. The Hall–Kier alpha value is -2.11. The number of pyridine rings is 1. The van der Waals surface area contributed by atoms with Crippen LogP contribution in [0.2, 0.25) is 10.0 Å². The van der Waals surface area contributed by atoms with Crippen LogP contribution >= 0.6 is 23.2 Å². The third kappa shape index (κ3) is 5.83. The van der Waals surface area contributed by atoms with Crippen LogP contribution in [0.15, 0.2) is 47.9 Å². The van der Waals surface area contributed by atoms with E-state index in [4.69, 9.17) is 32.8 Å². The van der Waals surface area contributed by atoms with Crippen molar-refractivity contribution in [2.24, 2.45) is 5.16 Å². The minimum absolute atomic E-state index is 0.193. The zero-order valence-electron chi connectivity index (χ0n) is 13.0.